The molecule has 10 heteroatoms. The van der Waals surface area contributed by atoms with Crippen LogP contribution in [0.15, 0.2) is 42.9 Å². The Morgan fingerprint density at radius 3 is 2.87 bits per heavy atom. The van der Waals surface area contributed by atoms with E-state index in [1.165, 1.54) is 19.4 Å². The first-order valence-electron chi connectivity index (χ1n) is 9.23. The lowest BCUT2D eigenvalue weighted by atomic mass is 10.1. The average Bonchev–Trinajstić information content (AvgIpc) is 3.17. The molecule has 1 aromatic carbocycles. The number of nitrogens with zero attached hydrogens (tertiary/aromatic N) is 4. The van der Waals surface area contributed by atoms with E-state index < -0.39 is 6.43 Å². The molecule has 3 rings (SSSR count). The van der Waals surface area contributed by atoms with Crippen LogP contribution in [0.2, 0.25) is 0 Å². The lowest BCUT2D eigenvalue weighted by Crippen LogP contribution is -2.30. The number of carbonyl (C=O) groups excluding carboxylic acids is 1. The van der Waals surface area contributed by atoms with E-state index in [2.05, 4.69) is 25.7 Å². The molecule has 0 aliphatic rings. The number of aryl methyl sites for hydroxylation is 1. The van der Waals surface area contributed by atoms with E-state index in [9.17, 15) is 13.6 Å². The van der Waals surface area contributed by atoms with Crippen molar-refractivity contribution >= 4 is 17.5 Å². The molecule has 0 spiro atoms. The highest BCUT2D eigenvalue weighted by molar-refractivity contribution is 5.77. The van der Waals surface area contributed by atoms with Crippen LogP contribution in [0, 0.1) is 6.92 Å². The number of carbonyl (C=O) groups is 1. The Morgan fingerprint density at radius 1 is 1.27 bits per heavy atom. The van der Waals surface area contributed by atoms with Gasteiger partial charge in [-0.3, -0.25) is 9.48 Å². The van der Waals surface area contributed by atoms with Crippen molar-refractivity contribution in [1.82, 2.24) is 25.1 Å². The highest BCUT2D eigenvalue weighted by Gasteiger charge is 2.11. The lowest BCUT2D eigenvalue weighted by Gasteiger charge is -2.09. The molecule has 0 unspecified atom stereocenters. The Hall–Kier alpha value is -3.40. The van der Waals surface area contributed by atoms with Gasteiger partial charge < -0.3 is 15.4 Å². The minimum atomic E-state index is -2.66. The van der Waals surface area contributed by atoms with Crippen molar-refractivity contribution in [2.45, 2.75) is 19.9 Å². The predicted octanol–water partition coefficient (Wildman–Crippen LogP) is 3.09. The van der Waals surface area contributed by atoms with Gasteiger partial charge in [0.1, 0.15) is 12.3 Å². The Morgan fingerprint density at radius 2 is 2.10 bits per heavy atom. The number of rotatable bonds is 9. The summed E-state index contributed by atoms with van der Waals surface area (Å²) in [5.74, 6) is -0.0794. The van der Waals surface area contributed by atoms with Crippen molar-refractivity contribution < 1.29 is 18.3 Å². The molecular formula is C20H22F2N6O2. The standard InChI is InChI=1S/C20H22F2N6O2/c1-13-7-14(15-10-25-28(11-15)6-5-23-18(29)12-30-2)9-16(8-13)26-20-24-4-3-17(27-20)19(21)22/h3-4,7-11,19H,5-6,12H2,1-2H3,(H,23,29)(H,24,26,27). The zero-order valence-electron chi connectivity index (χ0n) is 16.6. The minimum absolute atomic E-state index is 0.0212. The van der Waals surface area contributed by atoms with Crippen LogP contribution in [-0.2, 0) is 16.1 Å². The van der Waals surface area contributed by atoms with E-state index in [0.29, 0.717) is 18.8 Å². The van der Waals surface area contributed by atoms with E-state index in [1.807, 2.05) is 31.3 Å². The van der Waals surface area contributed by atoms with Crippen molar-refractivity contribution in [3.8, 4) is 11.1 Å². The molecule has 0 aliphatic carbocycles. The zero-order chi connectivity index (χ0) is 21.5. The van der Waals surface area contributed by atoms with E-state index in [4.69, 9.17) is 4.74 Å². The summed E-state index contributed by atoms with van der Waals surface area (Å²) in [6.45, 7) is 2.90. The molecule has 0 fully saturated rings. The van der Waals surface area contributed by atoms with Crippen molar-refractivity contribution in [1.29, 1.82) is 0 Å². The molecule has 3 aromatic rings. The first-order valence-corrected chi connectivity index (χ1v) is 9.23. The lowest BCUT2D eigenvalue weighted by molar-refractivity contribution is -0.124. The van der Waals surface area contributed by atoms with Gasteiger partial charge in [-0.25, -0.2) is 18.7 Å². The summed E-state index contributed by atoms with van der Waals surface area (Å²) in [5.41, 5.74) is 3.10. The summed E-state index contributed by atoms with van der Waals surface area (Å²) in [7, 11) is 1.46. The summed E-state index contributed by atoms with van der Waals surface area (Å²) >= 11 is 0. The second-order valence-corrected chi connectivity index (χ2v) is 6.59. The Kier molecular flexibility index (Phi) is 7.02. The normalized spacial score (nSPS) is 11.0. The number of nitrogens with one attached hydrogen (secondary N) is 2. The highest BCUT2D eigenvalue weighted by Crippen LogP contribution is 2.26. The van der Waals surface area contributed by atoms with Crippen LogP contribution < -0.4 is 10.6 Å². The number of ether oxygens (including phenoxy) is 1. The van der Waals surface area contributed by atoms with E-state index >= 15 is 0 Å². The molecule has 8 nitrogen and oxygen atoms in total. The third-order valence-corrected chi connectivity index (χ3v) is 4.14. The van der Waals surface area contributed by atoms with Crippen LogP contribution in [-0.4, -0.2) is 45.9 Å². The third kappa shape index (κ3) is 5.80. The molecule has 158 valence electrons. The van der Waals surface area contributed by atoms with Crippen molar-refractivity contribution in [3.05, 3.63) is 54.1 Å². The fourth-order valence-electron chi connectivity index (χ4n) is 2.83. The van der Waals surface area contributed by atoms with Crippen LogP contribution in [0.1, 0.15) is 17.7 Å². The largest absolute Gasteiger partial charge is 0.375 e. The van der Waals surface area contributed by atoms with Crippen LogP contribution >= 0.6 is 0 Å². The topological polar surface area (TPSA) is 94.0 Å². The molecule has 30 heavy (non-hydrogen) atoms. The van der Waals surface area contributed by atoms with Gasteiger partial charge in [-0.05, 0) is 36.2 Å². The Bertz CT molecular complexity index is 1010. The van der Waals surface area contributed by atoms with Gasteiger partial charge in [-0.1, -0.05) is 6.07 Å². The van der Waals surface area contributed by atoms with Gasteiger partial charge in [0.2, 0.25) is 11.9 Å². The molecule has 2 aromatic heterocycles. The Labute approximate surface area is 172 Å². The smallest absolute Gasteiger partial charge is 0.280 e. The number of alkyl halides is 2. The first kappa shape index (κ1) is 21.3. The van der Waals surface area contributed by atoms with Crippen molar-refractivity contribution in [2.75, 3.05) is 25.6 Å². The van der Waals surface area contributed by atoms with Gasteiger partial charge in [0.15, 0.2) is 0 Å². The van der Waals surface area contributed by atoms with Gasteiger partial charge in [-0.2, -0.15) is 5.10 Å². The predicted molar refractivity (Wildman–Crippen MR) is 108 cm³/mol. The highest BCUT2D eigenvalue weighted by atomic mass is 19.3. The number of hydrogen-bond acceptors (Lipinski definition) is 6. The molecule has 2 heterocycles. The summed E-state index contributed by atoms with van der Waals surface area (Å²) in [6.07, 6.45) is 2.23. The number of halogens is 2. The molecule has 2 N–H and O–H groups in total. The maximum Gasteiger partial charge on any atom is 0.280 e. The van der Waals surface area contributed by atoms with Gasteiger partial charge in [0.25, 0.3) is 6.43 Å². The molecule has 0 radical (unpaired) electrons. The number of methoxy groups -OCH3 is 1. The summed E-state index contributed by atoms with van der Waals surface area (Å²) < 4.78 is 32.2. The number of amides is 1. The second kappa shape index (κ2) is 9.88. The van der Waals surface area contributed by atoms with Gasteiger partial charge >= 0.3 is 0 Å². The van der Waals surface area contributed by atoms with Gasteiger partial charge in [0, 0.05) is 37.3 Å². The quantitative estimate of drug-likeness (QED) is 0.557. The Balaban J connectivity index is 1.70. The van der Waals surface area contributed by atoms with Crippen LogP contribution in [0.3, 0.4) is 0 Å². The molecule has 0 saturated heterocycles. The zero-order valence-corrected chi connectivity index (χ0v) is 16.6. The third-order valence-electron chi connectivity index (χ3n) is 4.14. The minimum Gasteiger partial charge on any atom is -0.375 e. The van der Waals surface area contributed by atoms with Crippen molar-refractivity contribution in [3.63, 3.8) is 0 Å². The molecular weight excluding hydrogens is 394 g/mol. The van der Waals surface area contributed by atoms with Crippen LogP contribution in [0.5, 0.6) is 0 Å². The van der Waals surface area contributed by atoms with Crippen LogP contribution in [0.4, 0.5) is 20.4 Å². The molecule has 0 bridgehead atoms. The fourth-order valence-corrected chi connectivity index (χ4v) is 2.83. The summed E-state index contributed by atoms with van der Waals surface area (Å²) in [5, 5.41) is 10.0. The van der Waals surface area contributed by atoms with Crippen LogP contribution in [0.25, 0.3) is 11.1 Å². The van der Waals surface area contributed by atoms with Crippen molar-refractivity contribution in [2.24, 2.45) is 0 Å². The maximum atomic E-state index is 12.9. The van der Waals surface area contributed by atoms with E-state index in [-0.39, 0.29) is 24.2 Å². The second-order valence-electron chi connectivity index (χ2n) is 6.59. The number of hydrogen-bond donors (Lipinski definition) is 2. The van der Waals surface area contributed by atoms with E-state index in [1.54, 1.807) is 10.9 Å². The number of benzene rings is 1. The first-order chi connectivity index (χ1) is 14.4. The number of anilines is 2. The fraction of sp³-hybridized carbons (Fsp3) is 0.300. The maximum absolute atomic E-state index is 12.9. The van der Waals surface area contributed by atoms with Gasteiger partial charge in [-0.15, -0.1) is 0 Å². The van der Waals surface area contributed by atoms with E-state index in [0.717, 1.165) is 16.7 Å². The summed E-state index contributed by atoms with van der Waals surface area (Å²) in [4.78, 5) is 19.3. The molecule has 0 saturated carbocycles. The SMILES string of the molecule is COCC(=O)NCCn1cc(-c2cc(C)cc(Nc3nccc(C(F)F)n3)c2)cn1. The summed E-state index contributed by atoms with van der Waals surface area (Å²) in [6, 6.07) is 6.91. The monoisotopic (exact) mass is 416 g/mol. The molecule has 1 amide bonds. The van der Waals surface area contributed by atoms with Gasteiger partial charge in [0.05, 0.1) is 12.7 Å². The molecule has 0 atom stereocenters. The average molecular weight is 416 g/mol. The molecule has 0 aliphatic heterocycles. The number of aromatic nitrogens is 4.